The normalized spacial score (nSPS) is 15.2. The first-order chi connectivity index (χ1) is 12.0. The molecule has 0 atom stereocenters. The molecule has 2 N–H and O–H groups in total. The molecule has 130 valence electrons. The van der Waals surface area contributed by atoms with Crippen molar-refractivity contribution < 1.29 is 19.1 Å². The summed E-state index contributed by atoms with van der Waals surface area (Å²) in [6.45, 7) is 0.487. The Morgan fingerprint density at radius 1 is 1.12 bits per heavy atom. The van der Waals surface area contributed by atoms with Gasteiger partial charge in [0.1, 0.15) is 5.82 Å². The van der Waals surface area contributed by atoms with Gasteiger partial charge in [-0.15, -0.1) is 0 Å². The Morgan fingerprint density at radius 3 is 2.44 bits per heavy atom. The molecular weight excluding hydrogens is 321 g/mol. The average Bonchev–Trinajstić information content (AvgIpc) is 2.55. The monoisotopic (exact) mass is 341 g/mol. The highest BCUT2D eigenvalue weighted by Gasteiger charge is 2.38. The van der Waals surface area contributed by atoms with Crippen molar-refractivity contribution >= 4 is 11.9 Å². The number of halogens is 1. The predicted molar refractivity (Wildman–Crippen MR) is 92.0 cm³/mol. The van der Waals surface area contributed by atoms with Crippen molar-refractivity contribution in [1.29, 1.82) is 0 Å². The van der Waals surface area contributed by atoms with E-state index in [-0.39, 0.29) is 23.6 Å². The lowest BCUT2D eigenvalue weighted by Gasteiger charge is -2.42. The van der Waals surface area contributed by atoms with Crippen molar-refractivity contribution in [2.45, 2.75) is 31.1 Å². The van der Waals surface area contributed by atoms with E-state index >= 15 is 0 Å². The molecular formula is C20H20FNO3. The van der Waals surface area contributed by atoms with Crippen LogP contribution in [0.4, 0.5) is 4.39 Å². The molecule has 0 spiro atoms. The lowest BCUT2D eigenvalue weighted by Crippen LogP contribution is -2.45. The summed E-state index contributed by atoms with van der Waals surface area (Å²) >= 11 is 0. The molecule has 0 radical (unpaired) electrons. The second-order valence-electron chi connectivity index (χ2n) is 6.59. The van der Waals surface area contributed by atoms with E-state index in [0.29, 0.717) is 17.7 Å². The lowest BCUT2D eigenvalue weighted by molar-refractivity contribution is -0.136. The highest BCUT2D eigenvalue weighted by molar-refractivity contribution is 5.94. The molecule has 25 heavy (non-hydrogen) atoms. The van der Waals surface area contributed by atoms with Crippen LogP contribution in [-0.4, -0.2) is 23.5 Å². The Balaban J connectivity index is 1.69. The molecule has 1 aliphatic carbocycles. The fourth-order valence-electron chi connectivity index (χ4n) is 3.32. The van der Waals surface area contributed by atoms with Crippen LogP contribution in [0.5, 0.6) is 0 Å². The third kappa shape index (κ3) is 3.87. The van der Waals surface area contributed by atoms with Crippen LogP contribution in [0.3, 0.4) is 0 Å². The van der Waals surface area contributed by atoms with Crippen LogP contribution in [-0.2, 0) is 16.6 Å². The van der Waals surface area contributed by atoms with Gasteiger partial charge in [-0.05, 0) is 48.2 Å². The number of benzene rings is 2. The van der Waals surface area contributed by atoms with E-state index in [9.17, 15) is 14.0 Å². The molecule has 0 unspecified atom stereocenters. The van der Waals surface area contributed by atoms with Crippen LogP contribution in [0.15, 0.2) is 48.5 Å². The van der Waals surface area contributed by atoms with E-state index in [1.165, 1.54) is 12.1 Å². The van der Waals surface area contributed by atoms with Crippen LogP contribution >= 0.6 is 0 Å². The molecule has 0 heterocycles. The van der Waals surface area contributed by atoms with Gasteiger partial charge in [0.15, 0.2) is 0 Å². The number of carboxylic acids is 1. The SMILES string of the molecule is O=C(O)Cc1cccc(C(=O)NCC2(c3ccc(F)cc3)CCC2)c1. The second kappa shape index (κ2) is 7.05. The molecule has 1 fully saturated rings. The molecule has 1 saturated carbocycles. The molecule has 5 heteroatoms. The lowest BCUT2D eigenvalue weighted by atomic mass is 9.64. The van der Waals surface area contributed by atoms with Gasteiger partial charge in [-0.1, -0.05) is 30.7 Å². The minimum atomic E-state index is -0.928. The van der Waals surface area contributed by atoms with Crippen molar-refractivity contribution in [3.63, 3.8) is 0 Å². The van der Waals surface area contributed by atoms with Gasteiger partial charge in [-0.25, -0.2) is 4.39 Å². The van der Waals surface area contributed by atoms with E-state index in [1.54, 1.807) is 36.4 Å². The number of carbonyl (C=O) groups is 2. The second-order valence-corrected chi connectivity index (χ2v) is 6.59. The smallest absolute Gasteiger partial charge is 0.307 e. The fourth-order valence-corrected chi connectivity index (χ4v) is 3.32. The molecule has 2 aromatic carbocycles. The number of nitrogens with one attached hydrogen (secondary N) is 1. The van der Waals surface area contributed by atoms with E-state index in [2.05, 4.69) is 5.32 Å². The van der Waals surface area contributed by atoms with Gasteiger partial charge in [-0.2, -0.15) is 0 Å². The van der Waals surface area contributed by atoms with Crippen LogP contribution in [0.1, 0.15) is 40.7 Å². The minimum absolute atomic E-state index is 0.110. The van der Waals surface area contributed by atoms with E-state index in [4.69, 9.17) is 5.11 Å². The van der Waals surface area contributed by atoms with E-state index in [0.717, 1.165) is 24.8 Å². The summed E-state index contributed by atoms with van der Waals surface area (Å²) in [6, 6.07) is 13.1. The zero-order chi connectivity index (χ0) is 17.9. The van der Waals surface area contributed by atoms with Gasteiger partial charge in [-0.3, -0.25) is 9.59 Å². The van der Waals surface area contributed by atoms with Gasteiger partial charge in [0, 0.05) is 17.5 Å². The number of hydrogen-bond donors (Lipinski definition) is 2. The molecule has 4 nitrogen and oxygen atoms in total. The predicted octanol–water partition coefficient (Wildman–Crippen LogP) is 3.30. The first-order valence-corrected chi connectivity index (χ1v) is 8.33. The Bertz CT molecular complexity index is 782. The zero-order valence-corrected chi connectivity index (χ0v) is 13.8. The molecule has 0 saturated heterocycles. The Hall–Kier alpha value is -2.69. The van der Waals surface area contributed by atoms with E-state index in [1.807, 2.05) is 0 Å². The van der Waals surface area contributed by atoms with Crippen molar-refractivity contribution in [1.82, 2.24) is 5.32 Å². The van der Waals surface area contributed by atoms with Crippen molar-refractivity contribution in [3.8, 4) is 0 Å². The van der Waals surface area contributed by atoms with Crippen molar-refractivity contribution in [2.24, 2.45) is 0 Å². The van der Waals surface area contributed by atoms with Crippen molar-refractivity contribution in [2.75, 3.05) is 6.54 Å². The van der Waals surface area contributed by atoms with E-state index < -0.39 is 5.97 Å². The Kier molecular flexibility index (Phi) is 4.83. The Morgan fingerprint density at radius 2 is 1.84 bits per heavy atom. The first-order valence-electron chi connectivity index (χ1n) is 8.33. The summed E-state index contributed by atoms with van der Waals surface area (Å²) in [6.07, 6.45) is 2.89. The molecule has 2 aromatic rings. The van der Waals surface area contributed by atoms with Crippen LogP contribution in [0.25, 0.3) is 0 Å². The third-order valence-corrected chi connectivity index (χ3v) is 4.90. The van der Waals surface area contributed by atoms with Gasteiger partial charge >= 0.3 is 5.97 Å². The maximum absolute atomic E-state index is 13.1. The highest BCUT2D eigenvalue weighted by atomic mass is 19.1. The summed E-state index contributed by atoms with van der Waals surface area (Å²) < 4.78 is 13.1. The summed E-state index contributed by atoms with van der Waals surface area (Å²) in [5, 5.41) is 11.8. The first kappa shape index (κ1) is 17.1. The van der Waals surface area contributed by atoms with Crippen LogP contribution < -0.4 is 5.32 Å². The molecule has 3 rings (SSSR count). The molecule has 0 bridgehead atoms. The zero-order valence-electron chi connectivity index (χ0n) is 13.8. The quantitative estimate of drug-likeness (QED) is 0.847. The summed E-state index contributed by atoms with van der Waals surface area (Å²) in [5.41, 5.74) is 1.95. The number of amides is 1. The Labute approximate surface area is 145 Å². The molecule has 1 aliphatic rings. The third-order valence-electron chi connectivity index (χ3n) is 4.90. The number of aliphatic carboxylic acids is 1. The molecule has 1 amide bonds. The van der Waals surface area contributed by atoms with Crippen LogP contribution in [0, 0.1) is 5.82 Å². The number of rotatable bonds is 6. The largest absolute Gasteiger partial charge is 0.481 e. The van der Waals surface area contributed by atoms with Gasteiger partial charge in [0.05, 0.1) is 6.42 Å². The average molecular weight is 341 g/mol. The number of carboxylic acid groups (broad SMARTS) is 1. The van der Waals surface area contributed by atoms with Gasteiger partial charge in [0.2, 0.25) is 0 Å². The maximum Gasteiger partial charge on any atom is 0.307 e. The van der Waals surface area contributed by atoms with Crippen molar-refractivity contribution in [3.05, 3.63) is 71.0 Å². The van der Waals surface area contributed by atoms with Gasteiger partial charge < -0.3 is 10.4 Å². The molecule has 0 aliphatic heterocycles. The fraction of sp³-hybridized carbons (Fsp3) is 0.300. The molecule has 0 aromatic heterocycles. The topological polar surface area (TPSA) is 66.4 Å². The van der Waals surface area contributed by atoms with Crippen LogP contribution in [0.2, 0.25) is 0 Å². The maximum atomic E-state index is 13.1. The summed E-state index contributed by atoms with van der Waals surface area (Å²) in [4.78, 5) is 23.2. The summed E-state index contributed by atoms with van der Waals surface area (Å²) in [7, 11) is 0. The number of carbonyl (C=O) groups excluding carboxylic acids is 1. The number of hydrogen-bond acceptors (Lipinski definition) is 2. The van der Waals surface area contributed by atoms with Gasteiger partial charge in [0.25, 0.3) is 5.91 Å². The minimum Gasteiger partial charge on any atom is -0.481 e. The highest BCUT2D eigenvalue weighted by Crippen LogP contribution is 2.43. The summed E-state index contributed by atoms with van der Waals surface area (Å²) in [5.74, 6) is -1.42. The standard InChI is InChI=1S/C20H20FNO3/c21-17-7-5-16(6-8-17)20(9-2-10-20)13-22-19(25)15-4-1-3-14(11-15)12-18(23)24/h1,3-8,11H,2,9-10,12-13H2,(H,22,25)(H,23,24).